The van der Waals surface area contributed by atoms with E-state index in [-0.39, 0.29) is 12.8 Å². The highest BCUT2D eigenvalue weighted by Gasteiger charge is 2.08. The molecule has 1 unspecified atom stereocenters. The molecule has 74 valence electrons. The van der Waals surface area contributed by atoms with Gasteiger partial charge in [0, 0.05) is 0 Å². The van der Waals surface area contributed by atoms with Crippen LogP contribution in [0.2, 0.25) is 0 Å². The summed E-state index contributed by atoms with van der Waals surface area (Å²) >= 11 is 0. The van der Waals surface area contributed by atoms with Crippen molar-refractivity contribution in [3.8, 4) is 0 Å². The van der Waals surface area contributed by atoms with E-state index in [9.17, 15) is 9.59 Å². The molecule has 0 aliphatic carbocycles. The zero-order valence-electron chi connectivity index (χ0n) is 7.41. The van der Waals surface area contributed by atoms with Crippen molar-refractivity contribution in [1.82, 2.24) is 0 Å². The predicted molar refractivity (Wildman–Crippen MR) is 51.5 cm³/mol. The summed E-state index contributed by atoms with van der Waals surface area (Å²) in [5.41, 5.74) is 0.667. The van der Waals surface area contributed by atoms with Crippen LogP contribution in [0.15, 0.2) is 10.9 Å². The molecule has 0 bridgehead atoms. The monoisotopic (exact) mass is 204 g/mol. The van der Waals surface area contributed by atoms with Gasteiger partial charge in [0.15, 0.2) is 0 Å². The maximum absolute atomic E-state index is 10.4. The van der Waals surface area contributed by atoms with Crippen molar-refractivity contribution < 1.29 is 19.8 Å². The summed E-state index contributed by atoms with van der Waals surface area (Å²) in [6.45, 7) is 1.81. The van der Waals surface area contributed by atoms with Gasteiger partial charge in [-0.15, -0.1) is 9.24 Å². The average molecular weight is 204 g/mol. The number of rotatable bonds is 5. The minimum atomic E-state index is -0.943. The van der Waals surface area contributed by atoms with E-state index in [0.29, 0.717) is 17.3 Å². The Morgan fingerprint density at radius 3 is 1.92 bits per heavy atom. The Labute approximate surface area is 78.8 Å². The van der Waals surface area contributed by atoms with Gasteiger partial charge in [0.05, 0.1) is 12.8 Å². The fourth-order valence-corrected chi connectivity index (χ4v) is 1.42. The van der Waals surface area contributed by atoms with Crippen molar-refractivity contribution in [2.24, 2.45) is 0 Å². The van der Waals surface area contributed by atoms with E-state index in [4.69, 9.17) is 10.2 Å². The summed E-state index contributed by atoms with van der Waals surface area (Å²) in [5.74, 6) is -1.87. The molecule has 0 radical (unpaired) electrons. The number of hydrogen-bond acceptors (Lipinski definition) is 2. The van der Waals surface area contributed by atoms with Crippen LogP contribution < -0.4 is 0 Å². The van der Waals surface area contributed by atoms with Gasteiger partial charge in [0.1, 0.15) is 0 Å². The highest BCUT2D eigenvalue weighted by Crippen LogP contribution is 2.21. The summed E-state index contributed by atoms with van der Waals surface area (Å²) in [6, 6.07) is 0. The van der Waals surface area contributed by atoms with Crippen LogP contribution in [0.4, 0.5) is 0 Å². The Bertz CT molecular complexity index is 245. The normalized spacial score (nSPS) is 12.2. The van der Waals surface area contributed by atoms with E-state index in [0.717, 1.165) is 0 Å². The van der Waals surface area contributed by atoms with E-state index in [1.165, 1.54) is 0 Å². The number of carboxylic acids is 2. The molecule has 0 rings (SSSR count). The first-order valence-corrected chi connectivity index (χ1v) is 4.45. The predicted octanol–water partition coefficient (Wildman–Crippen LogP) is 1.47. The minimum Gasteiger partial charge on any atom is -0.481 e. The Hall–Kier alpha value is -0.890. The summed E-state index contributed by atoms with van der Waals surface area (Å²) in [7, 11) is 2.29. The highest BCUT2D eigenvalue weighted by molar-refractivity contribution is 7.22. The van der Waals surface area contributed by atoms with E-state index in [1.807, 2.05) is 6.92 Å². The second-order valence-electron chi connectivity index (χ2n) is 2.62. The number of carboxylic acid groups (broad SMARTS) is 2. The molecule has 0 heterocycles. The molecule has 13 heavy (non-hydrogen) atoms. The second kappa shape index (κ2) is 5.70. The van der Waals surface area contributed by atoms with Crippen molar-refractivity contribution in [3.05, 3.63) is 10.9 Å². The lowest BCUT2D eigenvalue weighted by Crippen LogP contribution is -2.01. The molecule has 1 atom stereocenters. The zero-order valence-corrected chi connectivity index (χ0v) is 8.56. The van der Waals surface area contributed by atoms with Gasteiger partial charge < -0.3 is 10.2 Å². The van der Waals surface area contributed by atoms with Crippen LogP contribution in [0.3, 0.4) is 0 Å². The molecule has 4 nitrogen and oxygen atoms in total. The lowest BCUT2D eigenvalue weighted by atomic mass is 10.1. The molecule has 0 aromatic rings. The second-order valence-corrected chi connectivity index (χ2v) is 3.32. The van der Waals surface area contributed by atoms with Crippen LogP contribution in [0.5, 0.6) is 0 Å². The highest BCUT2D eigenvalue weighted by atomic mass is 31.0. The maximum atomic E-state index is 10.4. The molecule has 0 aromatic carbocycles. The van der Waals surface area contributed by atoms with Crippen LogP contribution in [0, 0.1) is 0 Å². The molecule has 0 aromatic heterocycles. The van der Waals surface area contributed by atoms with Crippen LogP contribution in [0.25, 0.3) is 0 Å². The Morgan fingerprint density at radius 2 is 1.62 bits per heavy atom. The summed E-state index contributed by atoms with van der Waals surface area (Å²) in [4.78, 5) is 20.7. The Morgan fingerprint density at radius 1 is 1.15 bits per heavy atom. The van der Waals surface area contributed by atoms with Gasteiger partial charge in [0.2, 0.25) is 0 Å². The third-order valence-electron chi connectivity index (χ3n) is 1.59. The largest absolute Gasteiger partial charge is 0.481 e. The molecule has 0 saturated heterocycles. The molecule has 0 saturated carbocycles. The smallest absolute Gasteiger partial charge is 0.307 e. The van der Waals surface area contributed by atoms with Crippen LogP contribution in [-0.2, 0) is 9.59 Å². The topological polar surface area (TPSA) is 74.6 Å². The van der Waals surface area contributed by atoms with E-state index in [2.05, 4.69) is 9.24 Å². The van der Waals surface area contributed by atoms with Crippen molar-refractivity contribution in [2.75, 3.05) is 0 Å². The zero-order chi connectivity index (χ0) is 10.4. The number of hydrogen-bond donors (Lipinski definition) is 2. The first-order chi connectivity index (χ1) is 5.97. The molecular formula is C8H13O4P. The van der Waals surface area contributed by atoms with Gasteiger partial charge in [-0.3, -0.25) is 9.59 Å². The standard InChI is InChI=1S/C8H13O4P/c1-2-5(3-7(9)10)6(13)4-8(11)12/h2-4,13H2,1H3,(H,9,10)(H,11,12). The van der Waals surface area contributed by atoms with Crippen molar-refractivity contribution >= 4 is 21.2 Å². The molecule has 2 N–H and O–H groups in total. The van der Waals surface area contributed by atoms with Gasteiger partial charge in [-0.05, 0) is 11.7 Å². The lowest BCUT2D eigenvalue weighted by Gasteiger charge is -2.05. The molecule has 0 aliphatic heterocycles. The Balaban J connectivity index is 4.48. The van der Waals surface area contributed by atoms with Gasteiger partial charge in [-0.1, -0.05) is 12.5 Å². The van der Waals surface area contributed by atoms with Gasteiger partial charge >= 0.3 is 11.9 Å². The third kappa shape index (κ3) is 5.36. The lowest BCUT2D eigenvalue weighted by molar-refractivity contribution is -0.137. The maximum Gasteiger partial charge on any atom is 0.307 e. The SMILES string of the molecule is CCC(CC(=O)O)=C(P)CC(=O)O. The van der Waals surface area contributed by atoms with Crippen LogP contribution >= 0.6 is 9.24 Å². The molecule has 0 aliphatic rings. The van der Waals surface area contributed by atoms with Crippen molar-refractivity contribution in [1.29, 1.82) is 0 Å². The third-order valence-corrected chi connectivity index (χ3v) is 2.20. The first kappa shape index (κ1) is 12.1. The Kier molecular flexibility index (Phi) is 5.31. The van der Waals surface area contributed by atoms with Crippen molar-refractivity contribution in [2.45, 2.75) is 26.2 Å². The fraction of sp³-hybridized carbons (Fsp3) is 0.500. The molecule has 0 amide bonds. The summed E-state index contributed by atoms with van der Waals surface area (Å²) in [6.07, 6.45) is 0.377. The molecular weight excluding hydrogens is 191 g/mol. The molecule has 0 fully saturated rings. The first-order valence-electron chi connectivity index (χ1n) is 3.87. The van der Waals surface area contributed by atoms with Gasteiger partial charge in [-0.2, -0.15) is 0 Å². The van der Waals surface area contributed by atoms with Crippen molar-refractivity contribution in [3.63, 3.8) is 0 Å². The van der Waals surface area contributed by atoms with E-state index >= 15 is 0 Å². The minimum absolute atomic E-state index is 0.0807. The van der Waals surface area contributed by atoms with Gasteiger partial charge in [-0.25, -0.2) is 0 Å². The van der Waals surface area contributed by atoms with Crippen LogP contribution in [0.1, 0.15) is 26.2 Å². The molecule has 5 heteroatoms. The average Bonchev–Trinajstić information content (AvgIpc) is 1.98. The number of carbonyl (C=O) groups is 2. The van der Waals surface area contributed by atoms with Crippen LogP contribution in [-0.4, -0.2) is 22.2 Å². The number of aliphatic carboxylic acids is 2. The van der Waals surface area contributed by atoms with Gasteiger partial charge in [0.25, 0.3) is 0 Å². The summed E-state index contributed by atoms with van der Waals surface area (Å²) < 4.78 is 0. The fourth-order valence-electron chi connectivity index (χ4n) is 0.936. The quantitative estimate of drug-likeness (QED) is 0.665. The summed E-state index contributed by atoms with van der Waals surface area (Å²) in [5, 5.41) is 17.5. The molecule has 0 spiro atoms. The van der Waals surface area contributed by atoms with E-state index in [1.54, 1.807) is 0 Å². The van der Waals surface area contributed by atoms with E-state index < -0.39 is 11.9 Å².